The van der Waals surface area contributed by atoms with Crippen molar-refractivity contribution in [3.63, 3.8) is 0 Å². The lowest BCUT2D eigenvalue weighted by molar-refractivity contribution is 0.304. The summed E-state index contributed by atoms with van der Waals surface area (Å²) in [4.78, 5) is 0. The van der Waals surface area contributed by atoms with Crippen LogP contribution in [0.15, 0.2) is 24.3 Å². The van der Waals surface area contributed by atoms with Gasteiger partial charge >= 0.3 is 0 Å². The van der Waals surface area contributed by atoms with Gasteiger partial charge in [0.15, 0.2) is 0 Å². The third kappa shape index (κ3) is 3.70. The number of nitrogens with one attached hydrogen (secondary N) is 1. The molecule has 0 saturated heterocycles. The summed E-state index contributed by atoms with van der Waals surface area (Å²) < 4.78 is 5.70. The number of hydrogen-bond donors (Lipinski definition) is 1. The van der Waals surface area contributed by atoms with Crippen LogP contribution in [0, 0.1) is 13.8 Å². The van der Waals surface area contributed by atoms with Gasteiger partial charge in [-0.05, 0) is 32.9 Å². The fourth-order valence-electron chi connectivity index (χ4n) is 1.46. The smallest absolute Gasteiger partial charge is 0.205 e. The van der Waals surface area contributed by atoms with Crippen molar-refractivity contribution in [2.24, 2.45) is 0 Å². The molecule has 0 fully saturated rings. The van der Waals surface area contributed by atoms with Crippen molar-refractivity contribution < 1.29 is 4.74 Å². The average Bonchev–Trinajstić information content (AvgIpc) is 2.74. The fraction of sp³-hybridized carbons (Fsp3) is 0.385. The van der Waals surface area contributed by atoms with E-state index in [9.17, 15) is 0 Å². The first-order chi connectivity index (χ1) is 8.63. The van der Waals surface area contributed by atoms with Crippen molar-refractivity contribution in [1.29, 1.82) is 0 Å². The van der Waals surface area contributed by atoms with E-state index >= 15 is 0 Å². The molecular weight excluding hydrogens is 246 g/mol. The predicted octanol–water partition coefficient (Wildman–Crippen LogP) is 3.03. The third-order valence-electron chi connectivity index (χ3n) is 2.42. The van der Waals surface area contributed by atoms with Gasteiger partial charge in [-0.15, -0.1) is 10.2 Å². The molecule has 0 aliphatic heterocycles. The minimum atomic E-state index is 0.193. The lowest BCUT2D eigenvalue weighted by Crippen LogP contribution is -2.23. The summed E-state index contributed by atoms with van der Waals surface area (Å²) in [5.74, 6) is 0.891. The molecule has 1 aromatic heterocycles. The van der Waals surface area contributed by atoms with Gasteiger partial charge in [0.2, 0.25) is 5.13 Å². The molecule has 1 N–H and O–H groups in total. The Morgan fingerprint density at radius 3 is 2.56 bits per heavy atom. The van der Waals surface area contributed by atoms with Crippen molar-refractivity contribution in [2.75, 3.05) is 11.9 Å². The second-order valence-corrected chi connectivity index (χ2v) is 5.48. The van der Waals surface area contributed by atoms with E-state index in [-0.39, 0.29) is 6.04 Å². The second kappa shape index (κ2) is 5.82. The van der Waals surface area contributed by atoms with Crippen molar-refractivity contribution in [3.05, 3.63) is 34.8 Å². The molecule has 1 unspecified atom stereocenters. The molecule has 1 heterocycles. The monoisotopic (exact) mass is 263 g/mol. The maximum atomic E-state index is 5.70. The number of aromatic nitrogens is 2. The van der Waals surface area contributed by atoms with Gasteiger partial charge in [-0.2, -0.15) is 0 Å². The van der Waals surface area contributed by atoms with Crippen molar-refractivity contribution in [2.45, 2.75) is 26.8 Å². The Hall–Kier alpha value is -1.62. The van der Waals surface area contributed by atoms with Gasteiger partial charge in [-0.1, -0.05) is 29.0 Å². The topological polar surface area (TPSA) is 47.0 Å². The molecule has 18 heavy (non-hydrogen) atoms. The third-order valence-corrected chi connectivity index (χ3v) is 3.19. The zero-order chi connectivity index (χ0) is 13.0. The standard InChI is InChI=1S/C13H17N3OS/c1-9-4-6-12(7-5-9)17-8-10(2)14-13-16-15-11(3)18-13/h4-7,10H,8H2,1-3H3,(H,14,16). The first-order valence-corrected chi connectivity index (χ1v) is 6.71. The van der Waals surface area contributed by atoms with E-state index in [1.807, 2.05) is 31.2 Å². The Morgan fingerprint density at radius 2 is 1.94 bits per heavy atom. The maximum Gasteiger partial charge on any atom is 0.205 e. The first kappa shape index (κ1) is 12.8. The minimum absolute atomic E-state index is 0.193. The number of ether oxygens (including phenoxy) is 1. The molecule has 5 heteroatoms. The van der Waals surface area contributed by atoms with Crippen LogP contribution in [0.4, 0.5) is 5.13 Å². The van der Waals surface area contributed by atoms with Crippen molar-refractivity contribution in [3.8, 4) is 5.75 Å². The van der Waals surface area contributed by atoms with E-state index in [4.69, 9.17) is 4.74 Å². The highest BCUT2D eigenvalue weighted by atomic mass is 32.1. The molecule has 0 radical (unpaired) electrons. The van der Waals surface area contributed by atoms with Crippen molar-refractivity contribution in [1.82, 2.24) is 10.2 Å². The van der Waals surface area contributed by atoms with E-state index in [2.05, 4.69) is 29.4 Å². The highest BCUT2D eigenvalue weighted by Gasteiger charge is 2.06. The molecule has 0 aliphatic rings. The summed E-state index contributed by atoms with van der Waals surface area (Å²) in [6.45, 7) is 6.66. The highest BCUT2D eigenvalue weighted by Crippen LogP contribution is 2.16. The summed E-state index contributed by atoms with van der Waals surface area (Å²) in [7, 11) is 0. The van der Waals surface area contributed by atoms with E-state index in [1.54, 1.807) is 11.3 Å². The predicted molar refractivity (Wildman–Crippen MR) is 74.4 cm³/mol. The molecule has 0 bridgehead atoms. The van der Waals surface area contributed by atoms with Gasteiger partial charge < -0.3 is 10.1 Å². The number of benzene rings is 1. The Labute approximate surface area is 111 Å². The van der Waals surface area contributed by atoms with Crippen LogP contribution >= 0.6 is 11.3 Å². The summed E-state index contributed by atoms with van der Waals surface area (Å²) in [5.41, 5.74) is 1.23. The summed E-state index contributed by atoms with van der Waals surface area (Å²) in [6.07, 6.45) is 0. The Balaban J connectivity index is 1.81. The van der Waals surface area contributed by atoms with Gasteiger partial charge in [-0.25, -0.2) is 0 Å². The largest absolute Gasteiger partial charge is 0.491 e. The molecule has 4 nitrogen and oxygen atoms in total. The molecule has 2 aromatic rings. The van der Waals surface area contributed by atoms with E-state index in [0.717, 1.165) is 15.9 Å². The number of anilines is 1. The Kier molecular flexibility index (Phi) is 4.15. The van der Waals surface area contributed by atoms with E-state index < -0.39 is 0 Å². The zero-order valence-corrected chi connectivity index (χ0v) is 11.6. The number of nitrogens with zero attached hydrogens (tertiary/aromatic N) is 2. The average molecular weight is 263 g/mol. The molecule has 0 aliphatic carbocycles. The maximum absolute atomic E-state index is 5.70. The zero-order valence-electron chi connectivity index (χ0n) is 10.8. The quantitative estimate of drug-likeness (QED) is 0.900. The van der Waals surface area contributed by atoms with Crippen LogP contribution in [0.2, 0.25) is 0 Å². The van der Waals surface area contributed by atoms with Crippen LogP contribution in [0.1, 0.15) is 17.5 Å². The van der Waals surface area contributed by atoms with Gasteiger partial charge in [0, 0.05) is 0 Å². The Morgan fingerprint density at radius 1 is 1.22 bits per heavy atom. The molecule has 0 spiro atoms. The van der Waals surface area contributed by atoms with E-state index in [0.29, 0.717) is 6.61 Å². The van der Waals surface area contributed by atoms with Crippen LogP contribution in [-0.2, 0) is 0 Å². The minimum Gasteiger partial charge on any atom is -0.491 e. The van der Waals surface area contributed by atoms with Crippen LogP contribution in [0.3, 0.4) is 0 Å². The van der Waals surface area contributed by atoms with Crippen LogP contribution in [-0.4, -0.2) is 22.8 Å². The lowest BCUT2D eigenvalue weighted by Gasteiger charge is -2.13. The molecule has 2 rings (SSSR count). The molecule has 96 valence electrons. The molecule has 0 amide bonds. The van der Waals surface area contributed by atoms with Gasteiger partial charge in [0.25, 0.3) is 0 Å². The molecule has 1 aromatic carbocycles. The Bertz CT molecular complexity index is 495. The highest BCUT2D eigenvalue weighted by molar-refractivity contribution is 7.15. The second-order valence-electron chi connectivity index (χ2n) is 4.30. The van der Waals surface area contributed by atoms with Crippen LogP contribution in [0.5, 0.6) is 5.75 Å². The summed E-state index contributed by atoms with van der Waals surface area (Å²) in [6, 6.07) is 8.25. The number of aryl methyl sites for hydroxylation is 2. The molecule has 0 saturated carbocycles. The van der Waals surface area contributed by atoms with Crippen molar-refractivity contribution >= 4 is 16.5 Å². The number of hydrogen-bond acceptors (Lipinski definition) is 5. The molecular formula is C13H17N3OS. The normalized spacial score (nSPS) is 12.2. The summed E-state index contributed by atoms with van der Waals surface area (Å²) >= 11 is 1.55. The molecule has 1 atom stereocenters. The SMILES string of the molecule is Cc1ccc(OCC(C)Nc2nnc(C)s2)cc1. The van der Waals surface area contributed by atoms with Crippen LogP contribution < -0.4 is 10.1 Å². The van der Waals surface area contributed by atoms with Gasteiger partial charge in [0.05, 0.1) is 6.04 Å². The first-order valence-electron chi connectivity index (χ1n) is 5.89. The lowest BCUT2D eigenvalue weighted by atomic mass is 10.2. The van der Waals surface area contributed by atoms with Gasteiger partial charge in [-0.3, -0.25) is 0 Å². The van der Waals surface area contributed by atoms with Crippen LogP contribution in [0.25, 0.3) is 0 Å². The van der Waals surface area contributed by atoms with E-state index in [1.165, 1.54) is 5.56 Å². The fourth-order valence-corrected chi connectivity index (χ4v) is 2.17. The number of rotatable bonds is 5. The van der Waals surface area contributed by atoms with Gasteiger partial charge in [0.1, 0.15) is 17.4 Å². The summed E-state index contributed by atoms with van der Waals surface area (Å²) in [5, 5.41) is 13.1.